The van der Waals surface area contributed by atoms with Crippen molar-refractivity contribution in [1.29, 1.82) is 5.26 Å². The molecule has 0 aromatic heterocycles. The summed E-state index contributed by atoms with van der Waals surface area (Å²) in [6, 6.07) is 5.03. The molecule has 0 heterocycles. The Kier molecular flexibility index (Phi) is 3.61. The lowest BCUT2D eigenvalue weighted by atomic mass is 10.0. The molecule has 1 N–H and O–H groups in total. The van der Waals surface area contributed by atoms with Crippen LogP contribution in [0.1, 0.15) is 21.9 Å². The zero-order valence-corrected chi connectivity index (χ0v) is 9.51. The normalized spacial score (nSPS) is 11.9. The first kappa shape index (κ1) is 11.9. The number of carboxylic acids is 1. The van der Waals surface area contributed by atoms with Crippen molar-refractivity contribution in [3.8, 4) is 6.07 Å². The van der Waals surface area contributed by atoms with Crippen molar-refractivity contribution < 1.29 is 9.90 Å². The van der Waals surface area contributed by atoms with Gasteiger partial charge in [0, 0.05) is 5.02 Å². The van der Waals surface area contributed by atoms with Gasteiger partial charge in [-0.15, -0.1) is 0 Å². The summed E-state index contributed by atoms with van der Waals surface area (Å²) in [7, 11) is 0. The largest absolute Gasteiger partial charge is 0.480 e. The number of rotatable bonds is 2. The molecule has 0 amide bonds. The van der Waals surface area contributed by atoms with Crippen LogP contribution in [-0.4, -0.2) is 11.1 Å². The van der Waals surface area contributed by atoms with Crippen LogP contribution in [0, 0.1) is 18.3 Å². The average Bonchev–Trinajstić information content (AvgIpc) is 2.15. The van der Waals surface area contributed by atoms with Crippen LogP contribution in [0.5, 0.6) is 0 Å². The Hall–Kier alpha value is -1.18. The molecule has 0 aliphatic heterocycles. The number of thiol groups is 1. The number of carboxylic acid groups (broad SMARTS) is 1. The van der Waals surface area contributed by atoms with Gasteiger partial charge in [-0.05, 0) is 30.2 Å². The number of nitrogens with zero attached hydrogens (tertiary/aromatic N) is 1. The predicted molar refractivity (Wildman–Crippen MR) is 60.3 cm³/mol. The molecule has 3 nitrogen and oxygen atoms in total. The highest BCUT2D eigenvalue weighted by Gasteiger charge is 2.20. The number of hydrogen-bond acceptors (Lipinski definition) is 3. The Morgan fingerprint density at radius 2 is 2.27 bits per heavy atom. The maximum Gasteiger partial charge on any atom is 0.320 e. The van der Waals surface area contributed by atoms with Crippen LogP contribution >= 0.6 is 24.2 Å². The molecule has 1 aromatic carbocycles. The molecule has 0 radical (unpaired) electrons. The van der Waals surface area contributed by atoms with Crippen LogP contribution in [0.15, 0.2) is 12.1 Å². The lowest BCUT2D eigenvalue weighted by Crippen LogP contribution is -2.07. The minimum Gasteiger partial charge on any atom is -0.480 e. The number of aliphatic carboxylic acids is 1. The second-order valence-corrected chi connectivity index (χ2v) is 3.99. The molecular formula is C10H8ClNO2S. The smallest absolute Gasteiger partial charge is 0.320 e. The minimum atomic E-state index is -1.10. The average molecular weight is 242 g/mol. The summed E-state index contributed by atoms with van der Waals surface area (Å²) in [6.45, 7) is 1.70. The van der Waals surface area contributed by atoms with E-state index in [9.17, 15) is 4.79 Å². The predicted octanol–water partition coefficient (Wildman–Crippen LogP) is 2.58. The van der Waals surface area contributed by atoms with Gasteiger partial charge in [-0.2, -0.15) is 17.9 Å². The monoisotopic (exact) mass is 241 g/mol. The van der Waals surface area contributed by atoms with Gasteiger partial charge in [-0.3, -0.25) is 4.79 Å². The molecule has 1 atom stereocenters. The fraction of sp³-hybridized carbons (Fsp3) is 0.200. The summed E-state index contributed by atoms with van der Waals surface area (Å²) in [5, 5.41) is 17.1. The molecule has 15 heavy (non-hydrogen) atoms. The number of carbonyl (C=O) groups is 1. The third-order valence-electron chi connectivity index (χ3n) is 1.97. The van der Waals surface area contributed by atoms with Gasteiger partial charge < -0.3 is 5.11 Å². The lowest BCUT2D eigenvalue weighted by Gasteiger charge is -2.10. The van der Waals surface area contributed by atoms with Crippen molar-refractivity contribution in [1.82, 2.24) is 0 Å². The number of halogens is 1. The third kappa shape index (κ3) is 2.44. The van der Waals surface area contributed by atoms with Gasteiger partial charge in [0.25, 0.3) is 0 Å². The van der Waals surface area contributed by atoms with Crippen molar-refractivity contribution in [3.05, 3.63) is 33.8 Å². The summed E-state index contributed by atoms with van der Waals surface area (Å²) < 4.78 is 0. The Morgan fingerprint density at radius 3 is 2.73 bits per heavy atom. The molecule has 1 rings (SSSR count). The van der Waals surface area contributed by atoms with Crippen LogP contribution in [0.25, 0.3) is 0 Å². The van der Waals surface area contributed by atoms with Gasteiger partial charge in [0.2, 0.25) is 0 Å². The number of hydrogen-bond donors (Lipinski definition) is 2. The second kappa shape index (κ2) is 4.56. The standard InChI is InChI=1S/C10H8ClNO2S/c1-5-2-6(11)3-7(8(5)4-12)9(15)10(13)14/h2-3,9,15H,1H3,(H,13,14)/t9-/m0/s1. The molecule has 0 aliphatic rings. The Morgan fingerprint density at radius 1 is 1.67 bits per heavy atom. The van der Waals surface area contributed by atoms with E-state index in [1.807, 2.05) is 6.07 Å². The van der Waals surface area contributed by atoms with Crippen LogP contribution < -0.4 is 0 Å². The van der Waals surface area contributed by atoms with E-state index in [1.54, 1.807) is 13.0 Å². The summed E-state index contributed by atoms with van der Waals surface area (Å²) in [5.41, 5.74) is 1.31. The van der Waals surface area contributed by atoms with Gasteiger partial charge in [-0.25, -0.2) is 0 Å². The van der Waals surface area contributed by atoms with Gasteiger partial charge >= 0.3 is 5.97 Å². The highest BCUT2D eigenvalue weighted by atomic mass is 35.5. The van der Waals surface area contributed by atoms with Gasteiger partial charge in [0.15, 0.2) is 0 Å². The van der Waals surface area contributed by atoms with Crippen LogP contribution in [0.4, 0.5) is 0 Å². The molecule has 0 spiro atoms. The Bertz CT molecular complexity index is 453. The van der Waals surface area contributed by atoms with Gasteiger partial charge in [0.05, 0.1) is 11.6 Å². The van der Waals surface area contributed by atoms with E-state index in [0.29, 0.717) is 21.7 Å². The maximum absolute atomic E-state index is 10.8. The zero-order chi connectivity index (χ0) is 11.6. The molecule has 5 heteroatoms. The molecule has 0 saturated carbocycles. The summed E-state index contributed by atoms with van der Waals surface area (Å²) in [5.74, 6) is -1.10. The second-order valence-electron chi connectivity index (χ2n) is 3.04. The first-order chi connectivity index (χ1) is 6.97. The van der Waals surface area contributed by atoms with E-state index in [1.165, 1.54) is 6.07 Å². The minimum absolute atomic E-state index is 0.321. The van der Waals surface area contributed by atoms with E-state index in [4.69, 9.17) is 22.0 Å². The van der Waals surface area contributed by atoms with Crippen LogP contribution in [0.2, 0.25) is 5.02 Å². The molecule has 0 bridgehead atoms. The Balaban J connectivity index is 3.40. The molecule has 0 unspecified atom stereocenters. The summed E-state index contributed by atoms with van der Waals surface area (Å²) in [4.78, 5) is 10.8. The van der Waals surface area contributed by atoms with Crippen molar-refractivity contribution in [2.75, 3.05) is 0 Å². The molecule has 0 fully saturated rings. The van der Waals surface area contributed by atoms with Crippen LogP contribution in [-0.2, 0) is 4.79 Å². The van der Waals surface area contributed by atoms with E-state index in [2.05, 4.69) is 12.6 Å². The highest BCUT2D eigenvalue weighted by molar-refractivity contribution is 7.81. The SMILES string of the molecule is Cc1cc(Cl)cc([C@H](S)C(=O)O)c1C#N. The van der Waals surface area contributed by atoms with Crippen LogP contribution in [0.3, 0.4) is 0 Å². The maximum atomic E-state index is 10.8. The lowest BCUT2D eigenvalue weighted by molar-refractivity contribution is -0.136. The summed E-state index contributed by atoms with van der Waals surface area (Å²) >= 11 is 9.71. The third-order valence-corrected chi connectivity index (χ3v) is 2.69. The van der Waals surface area contributed by atoms with Gasteiger partial charge in [0.1, 0.15) is 5.25 Å². The number of benzene rings is 1. The van der Waals surface area contributed by atoms with Crippen molar-refractivity contribution in [2.24, 2.45) is 0 Å². The van der Waals surface area contributed by atoms with Crippen molar-refractivity contribution in [3.63, 3.8) is 0 Å². The molecule has 0 aliphatic carbocycles. The topological polar surface area (TPSA) is 61.1 Å². The van der Waals surface area contributed by atoms with Gasteiger partial charge in [-0.1, -0.05) is 11.6 Å². The number of aryl methyl sites for hydroxylation is 1. The first-order valence-electron chi connectivity index (χ1n) is 4.08. The quantitative estimate of drug-likeness (QED) is 0.783. The first-order valence-corrected chi connectivity index (χ1v) is 4.97. The zero-order valence-electron chi connectivity index (χ0n) is 7.86. The van der Waals surface area contributed by atoms with E-state index >= 15 is 0 Å². The summed E-state index contributed by atoms with van der Waals surface area (Å²) in [6.07, 6.45) is 0. The molecule has 1 aromatic rings. The van der Waals surface area contributed by atoms with E-state index < -0.39 is 11.2 Å². The highest BCUT2D eigenvalue weighted by Crippen LogP contribution is 2.29. The number of nitriles is 1. The fourth-order valence-electron chi connectivity index (χ4n) is 1.27. The fourth-order valence-corrected chi connectivity index (χ4v) is 1.76. The van der Waals surface area contributed by atoms with Crippen molar-refractivity contribution in [2.45, 2.75) is 12.2 Å². The van der Waals surface area contributed by atoms with E-state index in [-0.39, 0.29) is 0 Å². The Labute approximate surface area is 97.7 Å². The van der Waals surface area contributed by atoms with E-state index in [0.717, 1.165) is 0 Å². The molecule has 78 valence electrons. The van der Waals surface area contributed by atoms with Crippen molar-refractivity contribution >= 4 is 30.2 Å². The molecular weight excluding hydrogens is 234 g/mol. The molecule has 0 saturated heterocycles.